The summed E-state index contributed by atoms with van der Waals surface area (Å²) in [5.74, 6) is 2.57. The summed E-state index contributed by atoms with van der Waals surface area (Å²) in [6, 6.07) is 6.82. The lowest BCUT2D eigenvalue weighted by Gasteiger charge is -2.28. The van der Waals surface area contributed by atoms with Crippen LogP contribution in [0.15, 0.2) is 24.3 Å². The van der Waals surface area contributed by atoms with E-state index in [9.17, 15) is 4.79 Å². The van der Waals surface area contributed by atoms with Crippen LogP contribution < -0.4 is 30.3 Å². The molecule has 10 heteroatoms. The van der Waals surface area contributed by atoms with Gasteiger partial charge in [0.1, 0.15) is 5.82 Å². The van der Waals surface area contributed by atoms with Gasteiger partial charge in [-0.05, 0) is 19.1 Å². The molecule has 1 aliphatic rings. The van der Waals surface area contributed by atoms with E-state index in [1.165, 1.54) is 0 Å². The van der Waals surface area contributed by atoms with Gasteiger partial charge in [-0.1, -0.05) is 0 Å². The summed E-state index contributed by atoms with van der Waals surface area (Å²) in [7, 11) is 3.11. The van der Waals surface area contributed by atoms with E-state index in [1.807, 2.05) is 13.0 Å². The molecule has 1 fully saturated rings. The Morgan fingerprint density at radius 3 is 2.60 bits per heavy atom. The van der Waals surface area contributed by atoms with Crippen molar-refractivity contribution in [3.05, 3.63) is 30.0 Å². The highest BCUT2D eigenvalue weighted by atomic mass is 16.5. The van der Waals surface area contributed by atoms with Crippen molar-refractivity contribution in [1.82, 2.24) is 15.3 Å². The molecule has 0 aliphatic carbocycles. The van der Waals surface area contributed by atoms with Crippen molar-refractivity contribution in [2.24, 2.45) is 0 Å². The minimum Gasteiger partial charge on any atom is -0.493 e. The molecule has 10 nitrogen and oxygen atoms in total. The number of anilines is 3. The molecular weight excluding hydrogens is 388 g/mol. The standard InChI is InChI=1S/C20H28N6O4/c1-14-12-18(26-8-10-30-11-9-26)25-19(23-14)21-6-7-22-20(27)24-15-4-5-16(28-2)17(13-15)29-3/h4-5,12-13H,6-11H2,1-3H3,(H,21,23,25)(H2,22,24,27). The number of carbonyl (C=O) groups is 1. The van der Waals surface area contributed by atoms with Crippen LogP contribution in [0.3, 0.4) is 0 Å². The molecule has 2 amide bonds. The van der Waals surface area contributed by atoms with Gasteiger partial charge in [0, 0.05) is 49.7 Å². The summed E-state index contributed by atoms with van der Waals surface area (Å²) in [6.45, 7) is 5.86. The van der Waals surface area contributed by atoms with Gasteiger partial charge in [-0.3, -0.25) is 0 Å². The number of methoxy groups -OCH3 is 2. The topological polar surface area (TPSA) is 110 Å². The quantitative estimate of drug-likeness (QED) is 0.560. The van der Waals surface area contributed by atoms with Gasteiger partial charge in [0.25, 0.3) is 0 Å². The van der Waals surface area contributed by atoms with E-state index < -0.39 is 0 Å². The summed E-state index contributed by atoms with van der Waals surface area (Å²) < 4.78 is 15.8. The summed E-state index contributed by atoms with van der Waals surface area (Å²) >= 11 is 0. The highest BCUT2D eigenvalue weighted by molar-refractivity contribution is 5.89. The largest absolute Gasteiger partial charge is 0.493 e. The lowest BCUT2D eigenvalue weighted by Crippen LogP contribution is -2.37. The Kier molecular flexibility index (Phi) is 7.50. The Bertz CT molecular complexity index is 857. The maximum atomic E-state index is 12.1. The van der Waals surface area contributed by atoms with Crippen LogP contribution in [0.2, 0.25) is 0 Å². The molecule has 0 spiro atoms. The number of ether oxygens (including phenoxy) is 3. The Morgan fingerprint density at radius 2 is 1.87 bits per heavy atom. The molecule has 1 aromatic heterocycles. The molecule has 0 bridgehead atoms. The normalized spacial score (nSPS) is 13.5. The van der Waals surface area contributed by atoms with Gasteiger partial charge >= 0.3 is 6.03 Å². The molecule has 0 saturated carbocycles. The zero-order chi connectivity index (χ0) is 21.3. The first-order chi connectivity index (χ1) is 14.6. The number of nitrogens with one attached hydrogen (secondary N) is 3. The SMILES string of the molecule is COc1ccc(NC(=O)NCCNc2nc(C)cc(N3CCOCC3)n2)cc1OC. The Morgan fingerprint density at radius 1 is 1.10 bits per heavy atom. The second-order valence-electron chi connectivity index (χ2n) is 6.67. The number of aryl methyl sites for hydroxylation is 1. The van der Waals surface area contributed by atoms with Gasteiger partial charge < -0.3 is 35.1 Å². The number of carbonyl (C=O) groups excluding carboxylic acids is 1. The predicted molar refractivity (Wildman–Crippen MR) is 115 cm³/mol. The number of urea groups is 1. The van der Waals surface area contributed by atoms with Crippen molar-refractivity contribution in [3.63, 3.8) is 0 Å². The second-order valence-corrected chi connectivity index (χ2v) is 6.67. The highest BCUT2D eigenvalue weighted by Crippen LogP contribution is 2.29. The second kappa shape index (κ2) is 10.5. The minimum absolute atomic E-state index is 0.316. The van der Waals surface area contributed by atoms with E-state index in [-0.39, 0.29) is 6.03 Å². The fourth-order valence-electron chi connectivity index (χ4n) is 3.03. The van der Waals surface area contributed by atoms with Crippen LogP contribution in [-0.2, 0) is 4.74 Å². The first-order valence-electron chi connectivity index (χ1n) is 9.78. The minimum atomic E-state index is -0.316. The van der Waals surface area contributed by atoms with Crippen LogP contribution in [0.4, 0.5) is 22.2 Å². The fraction of sp³-hybridized carbons (Fsp3) is 0.450. The zero-order valence-corrected chi connectivity index (χ0v) is 17.5. The predicted octanol–water partition coefficient (Wildman–Crippen LogP) is 1.87. The summed E-state index contributed by atoms with van der Waals surface area (Å²) in [6.07, 6.45) is 0. The molecule has 0 unspecified atom stereocenters. The average Bonchev–Trinajstić information content (AvgIpc) is 2.77. The van der Waals surface area contributed by atoms with Gasteiger partial charge in [0.05, 0.1) is 27.4 Å². The molecule has 2 heterocycles. The van der Waals surface area contributed by atoms with E-state index in [2.05, 4.69) is 30.8 Å². The third-order valence-electron chi connectivity index (χ3n) is 4.51. The van der Waals surface area contributed by atoms with E-state index >= 15 is 0 Å². The van der Waals surface area contributed by atoms with Crippen molar-refractivity contribution in [3.8, 4) is 11.5 Å². The number of hydrogen-bond acceptors (Lipinski definition) is 8. The van der Waals surface area contributed by atoms with Crippen molar-refractivity contribution in [2.45, 2.75) is 6.92 Å². The monoisotopic (exact) mass is 416 g/mol. The van der Waals surface area contributed by atoms with Gasteiger partial charge in [-0.25, -0.2) is 9.78 Å². The van der Waals surface area contributed by atoms with Crippen LogP contribution in [-0.4, -0.2) is 69.6 Å². The molecular formula is C20H28N6O4. The number of nitrogens with zero attached hydrogens (tertiary/aromatic N) is 3. The van der Waals surface area contributed by atoms with Crippen LogP contribution in [0.25, 0.3) is 0 Å². The van der Waals surface area contributed by atoms with Crippen LogP contribution in [0, 0.1) is 6.92 Å². The fourth-order valence-corrected chi connectivity index (χ4v) is 3.03. The summed E-state index contributed by atoms with van der Waals surface area (Å²) in [5.41, 5.74) is 1.49. The lowest BCUT2D eigenvalue weighted by molar-refractivity contribution is 0.122. The number of aromatic nitrogens is 2. The molecule has 3 N–H and O–H groups in total. The molecule has 162 valence electrons. The number of amides is 2. The third-order valence-corrected chi connectivity index (χ3v) is 4.51. The molecule has 0 radical (unpaired) electrons. The number of benzene rings is 1. The van der Waals surface area contributed by atoms with Gasteiger partial charge in [-0.15, -0.1) is 0 Å². The van der Waals surface area contributed by atoms with Gasteiger partial charge in [0.2, 0.25) is 5.95 Å². The van der Waals surface area contributed by atoms with E-state index in [4.69, 9.17) is 14.2 Å². The maximum Gasteiger partial charge on any atom is 0.319 e. The van der Waals surface area contributed by atoms with Crippen LogP contribution in [0.1, 0.15) is 5.69 Å². The maximum absolute atomic E-state index is 12.1. The molecule has 2 aromatic rings. The third kappa shape index (κ3) is 5.86. The average molecular weight is 416 g/mol. The number of rotatable bonds is 8. The first-order valence-corrected chi connectivity index (χ1v) is 9.78. The van der Waals surface area contributed by atoms with Crippen molar-refractivity contribution >= 4 is 23.5 Å². The van der Waals surface area contributed by atoms with Gasteiger partial charge in [0.15, 0.2) is 11.5 Å². The van der Waals surface area contributed by atoms with Crippen molar-refractivity contribution in [1.29, 1.82) is 0 Å². The molecule has 1 saturated heterocycles. The van der Waals surface area contributed by atoms with Crippen molar-refractivity contribution in [2.75, 3.05) is 69.1 Å². The lowest BCUT2D eigenvalue weighted by atomic mass is 10.3. The molecule has 0 atom stereocenters. The smallest absolute Gasteiger partial charge is 0.319 e. The number of morpholine rings is 1. The Hall–Kier alpha value is -3.27. The van der Waals surface area contributed by atoms with Crippen LogP contribution in [0.5, 0.6) is 11.5 Å². The summed E-state index contributed by atoms with van der Waals surface area (Å²) in [4.78, 5) is 23.3. The van der Waals surface area contributed by atoms with E-state index in [1.54, 1.807) is 32.4 Å². The van der Waals surface area contributed by atoms with Crippen LogP contribution >= 0.6 is 0 Å². The zero-order valence-electron chi connectivity index (χ0n) is 17.5. The molecule has 3 rings (SSSR count). The Balaban J connectivity index is 1.46. The summed E-state index contributed by atoms with van der Waals surface area (Å²) in [5, 5.41) is 8.72. The van der Waals surface area contributed by atoms with E-state index in [0.29, 0.717) is 49.4 Å². The molecule has 30 heavy (non-hydrogen) atoms. The molecule has 1 aromatic carbocycles. The first kappa shape index (κ1) is 21.4. The highest BCUT2D eigenvalue weighted by Gasteiger charge is 2.14. The van der Waals surface area contributed by atoms with Crippen molar-refractivity contribution < 1.29 is 19.0 Å². The van der Waals surface area contributed by atoms with E-state index in [0.717, 1.165) is 24.6 Å². The van der Waals surface area contributed by atoms with Gasteiger partial charge in [-0.2, -0.15) is 4.98 Å². The molecule has 1 aliphatic heterocycles. The Labute approximate surface area is 175 Å². The number of hydrogen-bond donors (Lipinski definition) is 3.